The first kappa shape index (κ1) is 14.7. The van der Waals surface area contributed by atoms with Crippen molar-refractivity contribution in [3.05, 3.63) is 42.2 Å². The van der Waals surface area contributed by atoms with E-state index < -0.39 is 0 Å². The first-order chi connectivity index (χ1) is 10.6. The number of nitrogens with one attached hydrogen (secondary N) is 2. The van der Waals surface area contributed by atoms with Gasteiger partial charge in [-0.05, 0) is 30.5 Å². The second-order valence-corrected chi connectivity index (χ2v) is 6.33. The third-order valence-electron chi connectivity index (χ3n) is 4.15. The topological polar surface area (TPSA) is 71.8 Å². The van der Waals surface area contributed by atoms with E-state index in [1.165, 1.54) is 11.0 Å². The lowest BCUT2D eigenvalue weighted by molar-refractivity contribution is 0.0863. The number of carbonyl (C=O) groups excluding carboxylic acids is 1. The van der Waals surface area contributed by atoms with Crippen molar-refractivity contribution in [2.75, 3.05) is 13.1 Å². The van der Waals surface area contributed by atoms with Gasteiger partial charge in [-0.2, -0.15) is 9.90 Å². The van der Waals surface area contributed by atoms with Gasteiger partial charge < -0.3 is 10.6 Å². The van der Waals surface area contributed by atoms with Gasteiger partial charge in [0.1, 0.15) is 0 Å². The van der Waals surface area contributed by atoms with E-state index in [-0.39, 0.29) is 17.4 Å². The lowest BCUT2D eigenvalue weighted by Gasteiger charge is -2.39. The van der Waals surface area contributed by atoms with Crippen LogP contribution >= 0.6 is 0 Å². The van der Waals surface area contributed by atoms with Crippen molar-refractivity contribution in [2.24, 2.45) is 5.41 Å². The van der Waals surface area contributed by atoms with E-state index in [1.807, 2.05) is 30.3 Å². The Morgan fingerprint density at radius 2 is 2.14 bits per heavy atom. The normalized spacial score (nSPS) is 20.5. The molecule has 0 bridgehead atoms. The van der Waals surface area contributed by atoms with Gasteiger partial charge in [0.25, 0.3) is 5.91 Å². The number of benzene rings is 1. The van der Waals surface area contributed by atoms with E-state index in [9.17, 15) is 4.79 Å². The van der Waals surface area contributed by atoms with Crippen molar-refractivity contribution in [1.82, 2.24) is 25.6 Å². The molecule has 1 fully saturated rings. The maximum absolute atomic E-state index is 12.4. The smallest absolute Gasteiger partial charge is 0.273 e. The molecule has 0 aliphatic carbocycles. The Morgan fingerprint density at radius 1 is 1.36 bits per heavy atom. The minimum absolute atomic E-state index is 0.0311. The average Bonchev–Trinajstić information content (AvgIpc) is 3.00. The number of para-hydroxylation sites is 1. The summed E-state index contributed by atoms with van der Waals surface area (Å²) in [6.07, 6.45) is 2.43. The first-order valence-electron chi connectivity index (χ1n) is 7.56. The third kappa shape index (κ3) is 3.01. The number of hydrogen-bond donors (Lipinski definition) is 2. The summed E-state index contributed by atoms with van der Waals surface area (Å²) in [5.41, 5.74) is 1.21. The highest BCUT2D eigenvalue weighted by molar-refractivity contribution is 5.92. The molecule has 0 spiro atoms. The van der Waals surface area contributed by atoms with Gasteiger partial charge in [0.15, 0.2) is 5.69 Å². The van der Waals surface area contributed by atoms with Crippen LogP contribution < -0.4 is 10.6 Å². The predicted octanol–water partition coefficient (Wildman–Crippen LogP) is 1.39. The minimum atomic E-state index is -0.165. The van der Waals surface area contributed by atoms with Gasteiger partial charge in [0, 0.05) is 12.6 Å². The van der Waals surface area contributed by atoms with E-state index in [4.69, 9.17) is 0 Å². The molecule has 2 aromatic rings. The highest BCUT2D eigenvalue weighted by Crippen LogP contribution is 2.25. The molecule has 0 radical (unpaired) electrons. The standard InChI is InChI=1S/C16H21N5O/c1-16(2)11-17-9-8-14(16)19-15(22)13-10-18-21(20-13)12-6-4-3-5-7-12/h3-7,10,14,17H,8-9,11H2,1-2H3,(H,19,22). The van der Waals surface area contributed by atoms with Gasteiger partial charge in [-0.3, -0.25) is 4.79 Å². The second-order valence-electron chi connectivity index (χ2n) is 6.33. The van der Waals surface area contributed by atoms with E-state index in [0.717, 1.165) is 25.2 Å². The van der Waals surface area contributed by atoms with Crippen LogP contribution in [0.25, 0.3) is 5.69 Å². The first-order valence-corrected chi connectivity index (χ1v) is 7.56. The Labute approximate surface area is 129 Å². The highest BCUT2D eigenvalue weighted by atomic mass is 16.2. The average molecular weight is 299 g/mol. The van der Waals surface area contributed by atoms with Crippen LogP contribution in [0.4, 0.5) is 0 Å². The van der Waals surface area contributed by atoms with Gasteiger partial charge in [-0.15, -0.1) is 5.10 Å². The summed E-state index contributed by atoms with van der Waals surface area (Å²) in [6, 6.07) is 9.70. The van der Waals surface area contributed by atoms with Crippen molar-refractivity contribution < 1.29 is 4.79 Å². The quantitative estimate of drug-likeness (QED) is 0.898. The van der Waals surface area contributed by atoms with Gasteiger partial charge in [0.2, 0.25) is 0 Å². The molecule has 1 atom stereocenters. The number of amides is 1. The van der Waals surface area contributed by atoms with Crippen LogP contribution in [-0.2, 0) is 0 Å². The summed E-state index contributed by atoms with van der Waals surface area (Å²) < 4.78 is 0. The monoisotopic (exact) mass is 299 g/mol. The van der Waals surface area contributed by atoms with E-state index in [1.54, 1.807) is 0 Å². The molecule has 1 saturated heterocycles. The number of piperidine rings is 1. The zero-order valence-electron chi connectivity index (χ0n) is 12.9. The number of hydrogen-bond acceptors (Lipinski definition) is 4. The Kier molecular flexibility index (Phi) is 3.94. The number of aromatic nitrogens is 3. The maximum Gasteiger partial charge on any atom is 0.273 e. The Balaban J connectivity index is 1.72. The van der Waals surface area contributed by atoms with Gasteiger partial charge in [0.05, 0.1) is 11.9 Å². The van der Waals surface area contributed by atoms with Crippen LogP contribution in [0, 0.1) is 5.41 Å². The lowest BCUT2D eigenvalue weighted by Crippen LogP contribution is -2.54. The Hall–Kier alpha value is -2.21. The molecular formula is C16H21N5O. The van der Waals surface area contributed by atoms with Gasteiger partial charge in [-0.1, -0.05) is 32.0 Å². The molecule has 1 aromatic heterocycles. The zero-order valence-corrected chi connectivity index (χ0v) is 12.9. The minimum Gasteiger partial charge on any atom is -0.347 e. The molecule has 1 amide bonds. The molecule has 3 rings (SSSR count). The summed E-state index contributed by atoms with van der Waals surface area (Å²) in [5.74, 6) is -0.165. The summed E-state index contributed by atoms with van der Waals surface area (Å²) in [4.78, 5) is 13.9. The van der Waals surface area contributed by atoms with Crippen molar-refractivity contribution in [2.45, 2.75) is 26.3 Å². The van der Waals surface area contributed by atoms with Crippen molar-refractivity contribution in [1.29, 1.82) is 0 Å². The number of rotatable bonds is 3. The molecule has 2 heterocycles. The van der Waals surface area contributed by atoms with Crippen LogP contribution in [0.1, 0.15) is 30.8 Å². The van der Waals surface area contributed by atoms with Crippen LogP contribution in [-0.4, -0.2) is 40.0 Å². The summed E-state index contributed by atoms with van der Waals surface area (Å²) in [6.45, 7) is 6.13. The fourth-order valence-electron chi connectivity index (χ4n) is 2.72. The van der Waals surface area contributed by atoms with Crippen LogP contribution in [0.5, 0.6) is 0 Å². The highest BCUT2D eigenvalue weighted by Gasteiger charge is 2.33. The van der Waals surface area contributed by atoms with Crippen molar-refractivity contribution >= 4 is 5.91 Å². The molecule has 1 unspecified atom stereocenters. The molecule has 0 saturated carbocycles. The fraction of sp³-hybridized carbons (Fsp3) is 0.438. The molecule has 2 N–H and O–H groups in total. The molecule has 116 valence electrons. The van der Waals surface area contributed by atoms with E-state index in [2.05, 4.69) is 34.7 Å². The zero-order chi connectivity index (χ0) is 15.6. The van der Waals surface area contributed by atoms with Gasteiger partial charge >= 0.3 is 0 Å². The van der Waals surface area contributed by atoms with Crippen LogP contribution in [0.15, 0.2) is 36.5 Å². The Bertz CT molecular complexity index is 650. The SMILES string of the molecule is CC1(C)CNCCC1NC(=O)c1cnn(-c2ccccc2)n1. The summed E-state index contributed by atoms with van der Waals surface area (Å²) >= 11 is 0. The lowest BCUT2D eigenvalue weighted by atomic mass is 9.80. The fourth-order valence-corrected chi connectivity index (χ4v) is 2.72. The van der Waals surface area contributed by atoms with E-state index in [0.29, 0.717) is 5.69 Å². The molecule has 6 nitrogen and oxygen atoms in total. The summed E-state index contributed by atoms with van der Waals surface area (Å²) in [5, 5.41) is 14.9. The van der Waals surface area contributed by atoms with Crippen molar-refractivity contribution in [3.63, 3.8) is 0 Å². The number of nitrogens with zero attached hydrogens (tertiary/aromatic N) is 3. The number of carbonyl (C=O) groups is 1. The second kappa shape index (κ2) is 5.88. The van der Waals surface area contributed by atoms with Crippen LogP contribution in [0.3, 0.4) is 0 Å². The largest absolute Gasteiger partial charge is 0.347 e. The maximum atomic E-state index is 12.4. The molecule has 6 heteroatoms. The van der Waals surface area contributed by atoms with Crippen molar-refractivity contribution in [3.8, 4) is 5.69 Å². The molecular weight excluding hydrogens is 278 g/mol. The van der Waals surface area contributed by atoms with Gasteiger partial charge in [-0.25, -0.2) is 0 Å². The Morgan fingerprint density at radius 3 is 2.86 bits per heavy atom. The molecule has 1 aliphatic rings. The van der Waals surface area contributed by atoms with E-state index >= 15 is 0 Å². The van der Waals surface area contributed by atoms with Crippen LogP contribution in [0.2, 0.25) is 0 Å². The molecule has 22 heavy (non-hydrogen) atoms. The molecule has 1 aliphatic heterocycles. The molecule has 1 aromatic carbocycles. The predicted molar refractivity (Wildman–Crippen MR) is 83.9 cm³/mol. The third-order valence-corrected chi connectivity index (χ3v) is 4.15. The summed E-state index contributed by atoms with van der Waals surface area (Å²) in [7, 11) is 0.